The van der Waals surface area contributed by atoms with Gasteiger partial charge in [0.2, 0.25) is 0 Å². The van der Waals surface area contributed by atoms with Crippen LogP contribution in [0.5, 0.6) is 0 Å². The molecule has 1 aromatic heterocycles. The predicted octanol–water partition coefficient (Wildman–Crippen LogP) is 4.83. The van der Waals surface area contributed by atoms with Crippen LogP contribution in [0.1, 0.15) is 26.6 Å². The van der Waals surface area contributed by atoms with Gasteiger partial charge >= 0.3 is 0 Å². The molecule has 1 heterocycles. The summed E-state index contributed by atoms with van der Waals surface area (Å²) in [4.78, 5) is 9.43. The summed E-state index contributed by atoms with van der Waals surface area (Å²) in [6.45, 7) is 6.14. The van der Waals surface area contributed by atoms with E-state index in [4.69, 9.17) is 0 Å². The first-order chi connectivity index (χ1) is 8.86. The Morgan fingerprint density at radius 3 is 2.47 bits per heavy atom. The van der Waals surface area contributed by atoms with Crippen molar-refractivity contribution in [1.29, 1.82) is 0 Å². The molecule has 1 aromatic carbocycles. The molecule has 5 heteroatoms. The number of benzene rings is 1. The zero-order chi connectivity index (χ0) is 14.0. The second-order valence-corrected chi connectivity index (χ2v) is 7.01. The van der Waals surface area contributed by atoms with Crippen molar-refractivity contribution in [3.63, 3.8) is 0 Å². The van der Waals surface area contributed by atoms with Crippen molar-refractivity contribution >= 4 is 27.7 Å². The van der Waals surface area contributed by atoms with Gasteiger partial charge in [-0.25, -0.2) is 14.4 Å². The smallest absolute Gasteiger partial charge is 0.137 e. The number of halogens is 2. The van der Waals surface area contributed by atoms with Gasteiger partial charge in [-0.05, 0) is 28.1 Å². The quantitative estimate of drug-likeness (QED) is 0.732. The summed E-state index contributed by atoms with van der Waals surface area (Å²) in [6, 6.07) is 8.48. The van der Waals surface area contributed by atoms with Crippen molar-refractivity contribution in [2.75, 3.05) is 0 Å². The van der Waals surface area contributed by atoms with Crippen LogP contribution in [0.4, 0.5) is 4.39 Å². The Morgan fingerprint density at radius 2 is 1.84 bits per heavy atom. The lowest BCUT2D eigenvalue weighted by Gasteiger charge is -2.17. The molecule has 0 atom stereocenters. The molecule has 0 aliphatic rings. The Labute approximate surface area is 125 Å². The van der Waals surface area contributed by atoms with Crippen molar-refractivity contribution in [2.24, 2.45) is 0 Å². The molecule has 0 radical (unpaired) electrons. The molecule has 0 unspecified atom stereocenters. The van der Waals surface area contributed by atoms with Crippen molar-refractivity contribution < 1.29 is 4.39 Å². The SMILES string of the molecule is CC(C)(C)c1nc(Br)cc(Sc2ccccc2F)n1. The standard InChI is InChI=1S/C14H14BrFN2S/c1-14(2,3)13-17-11(15)8-12(18-13)19-10-7-5-4-6-9(10)16/h4-8H,1-3H3. The van der Waals surface area contributed by atoms with Gasteiger partial charge in [-0.15, -0.1) is 0 Å². The van der Waals surface area contributed by atoms with E-state index in [9.17, 15) is 4.39 Å². The summed E-state index contributed by atoms with van der Waals surface area (Å²) >= 11 is 4.68. The fourth-order valence-corrected chi connectivity index (χ4v) is 2.80. The molecular formula is C14H14BrFN2S. The molecule has 0 N–H and O–H groups in total. The molecule has 0 spiro atoms. The van der Waals surface area contributed by atoms with Crippen LogP contribution in [0, 0.1) is 5.82 Å². The zero-order valence-electron chi connectivity index (χ0n) is 10.9. The Kier molecular flexibility index (Phi) is 4.26. The second kappa shape index (κ2) is 5.59. The number of nitrogens with zero attached hydrogens (tertiary/aromatic N) is 2. The van der Waals surface area contributed by atoms with Crippen LogP contribution in [-0.2, 0) is 5.41 Å². The third kappa shape index (κ3) is 3.76. The molecule has 0 fully saturated rings. The highest BCUT2D eigenvalue weighted by Crippen LogP contribution is 2.31. The monoisotopic (exact) mass is 340 g/mol. The fourth-order valence-electron chi connectivity index (χ4n) is 1.42. The van der Waals surface area contributed by atoms with Crippen LogP contribution in [0.3, 0.4) is 0 Å². The maximum atomic E-state index is 13.6. The largest absolute Gasteiger partial charge is 0.226 e. The summed E-state index contributed by atoms with van der Waals surface area (Å²) < 4.78 is 14.3. The Morgan fingerprint density at radius 1 is 1.16 bits per heavy atom. The highest BCUT2D eigenvalue weighted by molar-refractivity contribution is 9.10. The minimum Gasteiger partial charge on any atom is -0.226 e. The number of hydrogen-bond donors (Lipinski definition) is 0. The number of rotatable bonds is 2. The highest BCUT2D eigenvalue weighted by Gasteiger charge is 2.19. The molecule has 0 bridgehead atoms. The van der Waals surface area contributed by atoms with Gasteiger partial charge in [-0.1, -0.05) is 44.7 Å². The summed E-state index contributed by atoms with van der Waals surface area (Å²) in [5.41, 5.74) is -0.145. The molecule has 0 aliphatic carbocycles. The van der Waals surface area contributed by atoms with Crippen LogP contribution < -0.4 is 0 Å². The van der Waals surface area contributed by atoms with E-state index < -0.39 is 0 Å². The van der Waals surface area contributed by atoms with Gasteiger partial charge in [0.15, 0.2) is 0 Å². The molecule has 100 valence electrons. The van der Waals surface area contributed by atoms with Crippen molar-refractivity contribution in [1.82, 2.24) is 9.97 Å². The van der Waals surface area contributed by atoms with Gasteiger partial charge in [0.1, 0.15) is 21.3 Å². The molecule has 19 heavy (non-hydrogen) atoms. The lowest BCUT2D eigenvalue weighted by molar-refractivity contribution is 0.536. The van der Waals surface area contributed by atoms with Crippen LogP contribution in [0.25, 0.3) is 0 Å². The third-order valence-corrected chi connectivity index (χ3v) is 3.77. The first-order valence-corrected chi connectivity index (χ1v) is 7.44. The van der Waals surface area contributed by atoms with Gasteiger partial charge in [-0.3, -0.25) is 0 Å². The second-order valence-electron chi connectivity index (χ2n) is 5.13. The van der Waals surface area contributed by atoms with E-state index in [1.54, 1.807) is 18.2 Å². The Balaban J connectivity index is 2.36. The first kappa shape index (κ1) is 14.5. The van der Waals surface area contributed by atoms with E-state index in [1.165, 1.54) is 17.8 Å². The molecule has 0 saturated heterocycles. The van der Waals surface area contributed by atoms with Crippen LogP contribution in [0.2, 0.25) is 0 Å². The highest BCUT2D eigenvalue weighted by atomic mass is 79.9. The first-order valence-electron chi connectivity index (χ1n) is 5.84. The molecular weight excluding hydrogens is 327 g/mol. The Bertz CT molecular complexity index is 596. The minimum absolute atomic E-state index is 0.145. The molecule has 0 amide bonds. The minimum atomic E-state index is -0.237. The lowest BCUT2D eigenvalue weighted by Crippen LogP contribution is -2.16. The van der Waals surface area contributed by atoms with Crippen LogP contribution in [-0.4, -0.2) is 9.97 Å². The van der Waals surface area contributed by atoms with Crippen molar-refractivity contribution in [3.05, 3.63) is 46.6 Å². The molecule has 0 saturated carbocycles. The van der Waals surface area contributed by atoms with E-state index >= 15 is 0 Å². The van der Waals surface area contributed by atoms with E-state index in [0.717, 1.165) is 10.9 Å². The van der Waals surface area contributed by atoms with Gasteiger partial charge < -0.3 is 0 Å². The average Bonchev–Trinajstić information content (AvgIpc) is 2.30. The maximum Gasteiger partial charge on any atom is 0.137 e. The van der Waals surface area contributed by atoms with Crippen molar-refractivity contribution in [2.45, 2.75) is 36.1 Å². The van der Waals surface area contributed by atoms with Gasteiger partial charge in [-0.2, -0.15) is 0 Å². The molecule has 2 rings (SSSR count). The number of hydrogen-bond acceptors (Lipinski definition) is 3. The van der Waals surface area contributed by atoms with Gasteiger partial charge in [0.25, 0.3) is 0 Å². The molecule has 0 aliphatic heterocycles. The lowest BCUT2D eigenvalue weighted by atomic mass is 9.96. The average molecular weight is 341 g/mol. The third-order valence-electron chi connectivity index (χ3n) is 2.39. The molecule has 2 aromatic rings. The van der Waals surface area contributed by atoms with E-state index in [0.29, 0.717) is 9.50 Å². The van der Waals surface area contributed by atoms with Crippen LogP contribution >= 0.6 is 27.7 Å². The Hall–Kier alpha value is -0.940. The van der Waals surface area contributed by atoms with E-state index in [-0.39, 0.29) is 11.2 Å². The van der Waals surface area contributed by atoms with Crippen LogP contribution in [0.15, 0.2) is 44.9 Å². The summed E-state index contributed by atoms with van der Waals surface area (Å²) in [5.74, 6) is 0.500. The zero-order valence-corrected chi connectivity index (χ0v) is 13.3. The predicted molar refractivity (Wildman–Crippen MR) is 79.0 cm³/mol. The van der Waals surface area contributed by atoms with Crippen molar-refractivity contribution in [3.8, 4) is 0 Å². The molecule has 2 nitrogen and oxygen atoms in total. The summed E-state index contributed by atoms with van der Waals surface area (Å²) in [5, 5.41) is 0.733. The maximum absolute atomic E-state index is 13.6. The van der Waals surface area contributed by atoms with E-state index in [2.05, 4.69) is 25.9 Å². The fraction of sp³-hybridized carbons (Fsp3) is 0.286. The number of aromatic nitrogens is 2. The topological polar surface area (TPSA) is 25.8 Å². The van der Waals surface area contributed by atoms with Gasteiger partial charge in [0.05, 0.1) is 0 Å². The van der Waals surface area contributed by atoms with E-state index in [1.807, 2.05) is 26.8 Å². The summed E-state index contributed by atoms with van der Waals surface area (Å²) in [7, 11) is 0. The normalized spacial score (nSPS) is 11.6. The summed E-state index contributed by atoms with van der Waals surface area (Å²) in [6.07, 6.45) is 0. The van der Waals surface area contributed by atoms with Gasteiger partial charge in [0, 0.05) is 16.4 Å².